The number of fused-ring (bicyclic) bond motifs is 1. The molecule has 212 valence electrons. The van der Waals surface area contributed by atoms with Gasteiger partial charge in [0.15, 0.2) is 5.16 Å². The summed E-state index contributed by atoms with van der Waals surface area (Å²) in [6.07, 6.45) is 3.16. The summed E-state index contributed by atoms with van der Waals surface area (Å²) >= 11 is 7.44. The summed E-state index contributed by atoms with van der Waals surface area (Å²) in [5.74, 6) is -0.106. The van der Waals surface area contributed by atoms with Crippen LogP contribution < -0.4 is 10.9 Å². The molecule has 0 atom stereocenters. The Hall–Kier alpha value is -3.62. The normalized spacial score (nSPS) is 16.8. The first kappa shape index (κ1) is 28.9. The molecule has 0 spiro atoms. The summed E-state index contributed by atoms with van der Waals surface area (Å²) < 4.78 is 7.12. The van der Waals surface area contributed by atoms with Gasteiger partial charge in [-0.25, -0.2) is 4.98 Å². The van der Waals surface area contributed by atoms with Crippen LogP contribution in [-0.2, 0) is 34.0 Å². The Labute approximate surface area is 248 Å². The molecule has 1 aromatic heterocycles. The Morgan fingerprint density at radius 1 is 0.951 bits per heavy atom. The van der Waals surface area contributed by atoms with Crippen LogP contribution in [0.2, 0.25) is 5.02 Å². The molecule has 5 rings (SSSR count). The number of rotatable bonds is 10. The van der Waals surface area contributed by atoms with Crippen LogP contribution in [-0.4, -0.2) is 27.2 Å². The van der Waals surface area contributed by atoms with Crippen LogP contribution >= 0.6 is 23.4 Å². The summed E-state index contributed by atoms with van der Waals surface area (Å²) in [5.41, 5.74) is 2.30. The molecular formula is C32H32ClN3O4S. The van der Waals surface area contributed by atoms with Crippen molar-refractivity contribution in [3.63, 3.8) is 0 Å². The molecule has 1 aliphatic carbocycles. The minimum atomic E-state index is -0.365. The molecular weight excluding hydrogens is 558 g/mol. The quantitative estimate of drug-likeness (QED) is 0.138. The van der Waals surface area contributed by atoms with Crippen molar-refractivity contribution in [2.24, 2.45) is 11.8 Å². The Balaban J connectivity index is 1.21. The maximum absolute atomic E-state index is 13.5. The number of halogens is 1. The van der Waals surface area contributed by atoms with E-state index >= 15 is 0 Å². The Morgan fingerprint density at radius 3 is 2.44 bits per heavy atom. The number of aromatic nitrogens is 2. The number of esters is 1. The number of benzene rings is 3. The molecule has 0 unspecified atom stereocenters. The van der Waals surface area contributed by atoms with Crippen LogP contribution in [0.3, 0.4) is 0 Å². The molecule has 0 bridgehead atoms. The minimum Gasteiger partial charge on any atom is -0.460 e. The van der Waals surface area contributed by atoms with Crippen LogP contribution in [0.4, 0.5) is 0 Å². The van der Waals surface area contributed by atoms with Gasteiger partial charge in [0.25, 0.3) is 5.56 Å². The van der Waals surface area contributed by atoms with E-state index in [9.17, 15) is 14.4 Å². The van der Waals surface area contributed by atoms with Crippen molar-refractivity contribution < 1.29 is 14.3 Å². The summed E-state index contributed by atoms with van der Waals surface area (Å²) in [5, 5.41) is 4.72. The van der Waals surface area contributed by atoms with Crippen molar-refractivity contribution in [3.8, 4) is 0 Å². The van der Waals surface area contributed by atoms with Crippen molar-refractivity contribution in [2.45, 2.75) is 50.5 Å². The van der Waals surface area contributed by atoms with Gasteiger partial charge in [0.05, 0.1) is 16.7 Å². The number of hydrogen-bond acceptors (Lipinski definition) is 6. The van der Waals surface area contributed by atoms with Gasteiger partial charge in [-0.15, -0.1) is 0 Å². The molecule has 0 radical (unpaired) electrons. The van der Waals surface area contributed by atoms with Crippen LogP contribution in [0.5, 0.6) is 0 Å². The van der Waals surface area contributed by atoms with Gasteiger partial charge >= 0.3 is 5.97 Å². The van der Waals surface area contributed by atoms with Crippen LogP contribution in [0.1, 0.15) is 36.8 Å². The van der Waals surface area contributed by atoms with Gasteiger partial charge in [0.1, 0.15) is 6.61 Å². The fourth-order valence-electron chi connectivity index (χ4n) is 5.16. The van der Waals surface area contributed by atoms with Crippen molar-refractivity contribution in [2.75, 3.05) is 5.75 Å². The highest BCUT2D eigenvalue weighted by Crippen LogP contribution is 2.31. The molecule has 1 aliphatic rings. The van der Waals surface area contributed by atoms with E-state index in [1.54, 1.807) is 10.6 Å². The maximum Gasteiger partial charge on any atom is 0.316 e. The van der Waals surface area contributed by atoms with E-state index in [-0.39, 0.29) is 41.6 Å². The lowest BCUT2D eigenvalue weighted by molar-refractivity contribution is -0.141. The maximum atomic E-state index is 13.5. The van der Waals surface area contributed by atoms with E-state index in [0.29, 0.717) is 34.2 Å². The molecule has 4 aromatic rings. The average molecular weight is 590 g/mol. The first-order valence-electron chi connectivity index (χ1n) is 13.8. The van der Waals surface area contributed by atoms with Crippen LogP contribution in [0.15, 0.2) is 88.8 Å². The third kappa shape index (κ3) is 7.57. The predicted molar refractivity (Wildman–Crippen MR) is 162 cm³/mol. The van der Waals surface area contributed by atoms with Gasteiger partial charge in [-0.1, -0.05) is 84.0 Å². The van der Waals surface area contributed by atoms with Gasteiger partial charge in [-0.2, -0.15) is 0 Å². The Kier molecular flexibility index (Phi) is 9.75. The zero-order valence-electron chi connectivity index (χ0n) is 22.6. The highest BCUT2D eigenvalue weighted by molar-refractivity contribution is 7.99. The molecule has 7 nitrogen and oxygen atoms in total. The van der Waals surface area contributed by atoms with Crippen molar-refractivity contribution >= 4 is 46.1 Å². The SMILES string of the molecule is O=C(CSc1nc2ccccc2c(=O)n1CC1CCC(C(=O)NCc2ccccc2Cl)CC1)OCc1ccccc1. The number of hydrogen-bond donors (Lipinski definition) is 1. The summed E-state index contributed by atoms with van der Waals surface area (Å²) in [7, 11) is 0. The zero-order valence-corrected chi connectivity index (χ0v) is 24.2. The molecule has 1 saturated carbocycles. The number of para-hydroxylation sites is 1. The second-order valence-corrected chi connectivity index (χ2v) is 11.6. The number of carbonyl (C=O) groups is 2. The predicted octanol–water partition coefficient (Wildman–Crippen LogP) is 6.01. The molecule has 41 heavy (non-hydrogen) atoms. The fraction of sp³-hybridized carbons (Fsp3) is 0.312. The van der Waals surface area contributed by atoms with Crippen molar-refractivity contribution in [1.29, 1.82) is 0 Å². The van der Waals surface area contributed by atoms with E-state index < -0.39 is 0 Å². The number of ether oxygens (including phenoxy) is 1. The van der Waals surface area contributed by atoms with E-state index in [4.69, 9.17) is 21.3 Å². The van der Waals surface area contributed by atoms with Crippen molar-refractivity contribution in [3.05, 3.63) is 105 Å². The molecule has 0 saturated heterocycles. The molecule has 1 heterocycles. The number of amides is 1. The lowest BCUT2D eigenvalue weighted by atomic mass is 9.81. The molecule has 0 aliphatic heterocycles. The first-order chi connectivity index (χ1) is 20.0. The second kappa shape index (κ2) is 13.8. The molecule has 9 heteroatoms. The Bertz CT molecular complexity index is 1570. The zero-order chi connectivity index (χ0) is 28.6. The number of nitrogens with zero attached hydrogens (tertiary/aromatic N) is 2. The van der Waals surface area contributed by atoms with Crippen LogP contribution in [0, 0.1) is 11.8 Å². The van der Waals surface area contributed by atoms with E-state index in [0.717, 1.165) is 36.8 Å². The first-order valence-corrected chi connectivity index (χ1v) is 15.2. The van der Waals surface area contributed by atoms with Gasteiger partial charge in [0, 0.05) is 24.0 Å². The molecule has 1 fully saturated rings. The molecule has 3 aromatic carbocycles. The van der Waals surface area contributed by atoms with Gasteiger partial charge in [-0.3, -0.25) is 19.0 Å². The lowest BCUT2D eigenvalue weighted by Crippen LogP contribution is -2.34. The summed E-state index contributed by atoms with van der Waals surface area (Å²) in [6, 6.07) is 24.3. The highest BCUT2D eigenvalue weighted by Gasteiger charge is 2.27. The number of thioether (sulfide) groups is 1. The third-order valence-electron chi connectivity index (χ3n) is 7.46. The lowest BCUT2D eigenvalue weighted by Gasteiger charge is -2.28. The smallest absolute Gasteiger partial charge is 0.316 e. The van der Waals surface area contributed by atoms with Crippen molar-refractivity contribution in [1.82, 2.24) is 14.9 Å². The minimum absolute atomic E-state index is 0.0400. The van der Waals surface area contributed by atoms with Gasteiger partial charge in [0.2, 0.25) is 5.91 Å². The number of nitrogens with one attached hydrogen (secondary N) is 1. The second-order valence-electron chi connectivity index (χ2n) is 10.3. The highest BCUT2D eigenvalue weighted by atomic mass is 35.5. The standard InChI is InChI=1S/C32H32ClN3O4S/c33-27-12-6-4-10-25(27)18-34-30(38)24-16-14-22(15-17-24)19-36-31(39)26-11-5-7-13-28(26)35-32(36)41-21-29(37)40-20-23-8-2-1-3-9-23/h1-13,22,24H,14-21H2,(H,34,38). The number of carbonyl (C=O) groups excluding carboxylic acids is 2. The van der Waals surface area contributed by atoms with Crippen LogP contribution in [0.25, 0.3) is 10.9 Å². The molecule has 1 amide bonds. The fourth-order valence-corrected chi connectivity index (χ4v) is 6.16. The van der Waals surface area contributed by atoms with E-state index in [2.05, 4.69) is 5.32 Å². The Morgan fingerprint density at radius 2 is 1.66 bits per heavy atom. The average Bonchev–Trinajstić information content (AvgIpc) is 3.01. The monoisotopic (exact) mass is 589 g/mol. The largest absolute Gasteiger partial charge is 0.460 e. The van der Waals surface area contributed by atoms with E-state index in [1.807, 2.05) is 72.8 Å². The third-order valence-corrected chi connectivity index (χ3v) is 8.78. The van der Waals surface area contributed by atoms with E-state index in [1.165, 1.54) is 11.8 Å². The summed E-state index contributed by atoms with van der Waals surface area (Å²) in [4.78, 5) is 43.6. The van der Waals surface area contributed by atoms with Gasteiger partial charge < -0.3 is 10.1 Å². The summed E-state index contributed by atoms with van der Waals surface area (Å²) in [6.45, 7) is 1.10. The molecule has 1 N–H and O–H groups in total. The van der Waals surface area contributed by atoms with Gasteiger partial charge in [-0.05, 0) is 60.9 Å². The topological polar surface area (TPSA) is 90.3 Å².